The molecule has 0 saturated carbocycles. The van der Waals surface area contributed by atoms with E-state index in [4.69, 9.17) is 5.11 Å². The number of sulfonamides is 1. The molecule has 0 fully saturated rings. The molecule has 1 heterocycles. The zero-order valence-electron chi connectivity index (χ0n) is 11.2. The van der Waals surface area contributed by atoms with E-state index in [0.29, 0.717) is 19.4 Å². The van der Waals surface area contributed by atoms with Gasteiger partial charge in [0, 0.05) is 20.0 Å². The van der Waals surface area contributed by atoms with Gasteiger partial charge in [0.2, 0.25) is 10.0 Å². The van der Waals surface area contributed by atoms with Gasteiger partial charge in [0.1, 0.15) is 0 Å². The Balaban J connectivity index is 2.67. The highest BCUT2D eigenvalue weighted by atomic mass is 32.2. The smallest absolute Gasteiger partial charge is 0.214 e. The Labute approximate surface area is 119 Å². The van der Waals surface area contributed by atoms with Crippen LogP contribution in [0.3, 0.4) is 0 Å². The largest absolute Gasteiger partial charge is 0.395 e. The Bertz CT molecular complexity index is 552. The first-order valence-corrected chi connectivity index (χ1v) is 8.59. The summed E-state index contributed by atoms with van der Waals surface area (Å²) in [5.41, 5.74) is 0.945. The van der Waals surface area contributed by atoms with Gasteiger partial charge in [-0.25, -0.2) is 12.7 Å². The molecule has 0 unspecified atom stereocenters. The quantitative estimate of drug-likeness (QED) is 0.813. The van der Waals surface area contributed by atoms with Gasteiger partial charge in [-0.05, 0) is 23.4 Å². The third-order valence-corrected chi connectivity index (χ3v) is 5.34. The van der Waals surface area contributed by atoms with Crippen molar-refractivity contribution in [2.45, 2.75) is 26.3 Å². The number of rotatable bonds is 6. The maximum atomic E-state index is 11.8. The number of aliphatic hydroxyl groups excluding tert-OH is 1. The summed E-state index contributed by atoms with van der Waals surface area (Å²) in [7, 11) is -1.55. The summed E-state index contributed by atoms with van der Waals surface area (Å²) in [6.07, 6.45) is 1.08. The predicted octanol–water partition coefficient (Wildman–Crippen LogP) is 1.65. The van der Waals surface area contributed by atoms with Gasteiger partial charge in [-0.2, -0.15) is 0 Å². The minimum absolute atomic E-state index is 0.0588. The Morgan fingerprint density at radius 3 is 2.84 bits per heavy atom. The second-order valence-corrected chi connectivity index (χ2v) is 7.27. The van der Waals surface area contributed by atoms with Crippen molar-refractivity contribution in [2.75, 3.05) is 19.4 Å². The Kier molecular flexibility index (Phi) is 6.52. The first kappa shape index (κ1) is 16.2. The molecule has 0 radical (unpaired) electrons. The Morgan fingerprint density at radius 2 is 2.21 bits per heavy atom. The molecule has 1 rings (SSSR count). The standard InChI is InChI=1S/C13H19NO3S2/c1-3-8-19(16,17)14(2)10-12-9-13(18-11-12)6-4-5-7-15/h9,11,15H,3,5,7-8,10H2,1-2H3. The van der Waals surface area contributed by atoms with Crippen LogP contribution in [-0.2, 0) is 16.6 Å². The minimum Gasteiger partial charge on any atom is -0.395 e. The van der Waals surface area contributed by atoms with Gasteiger partial charge in [-0.1, -0.05) is 18.8 Å². The van der Waals surface area contributed by atoms with Crippen LogP contribution in [-0.4, -0.2) is 37.2 Å². The van der Waals surface area contributed by atoms with Crippen LogP contribution in [0.1, 0.15) is 30.2 Å². The van der Waals surface area contributed by atoms with Crippen LogP contribution in [0, 0.1) is 11.8 Å². The van der Waals surface area contributed by atoms with Gasteiger partial charge in [-0.3, -0.25) is 0 Å². The summed E-state index contributed by atoms with van der Waals surface area (Å²) in [5, 5.41) is 10.6. The fourth-order valence-corrected chi connectivity index (χ4v) is 3.44. The average molecular weight is 301 g/mol. The fraction of sp³-hybridized carbons (Fsp3) is 0.538. The molecular weight excluding hydrogens is 282 g/mol. The van der Waals surface area contributed by atoms with Crippen molar-refractivity contribution >= 4 is 21.4 Å². The maximum absolute atomic E-state index is 11.8. The predicted molar refractivity (Wildman–Crippen MR) is 78.4 cm³/mol. The summed E-state index contributed by atoms with van der Waals surface area (Å²) >= 11 is 1.49. The van der Waals surface area contributed by atoms with E-state index in [2.05, 4.69) is 11.8 Å². The molecule has 1 N–H and O–H groups in total. The molecule has 0 amide bonds. The maximum Gasteiger partial charge on any atom is 0.214 e. The molecule has 6 heteroatoms. The van der Waals surface area contributed by atoms with E-state index in [1.54, 1.807) is 7.05 Å². The van der Waals surface area contributed by atoms with Crippen LogP contribution in [0.25, 0.3) is 0 Å². The van der Waals surface area contributed by atoms with Gasteiger partial charge in [0.25, 0.3) is 0 Å². The van der Waals surface area contributed by atoms with Gasteiger partial charge in [-0.15, -0.1) is 11.3 Å². The van der Waals surface area contributed by atoms with Crippen molar-refractivity contribution in [1.82, 2.24) is 4.31 Å². The van der Waals surface area contributed by atoms with Crippen molar-refractivity contribution in [3.8, 4) is 11.8 Å². The summed E-state index contributed by atoms with van der Waals surface area (Å²) in [6.45, 7) is 2.29. The summed E-state index contributed by atoms with van der Waals surface area (Å²) in [5.74, 6) is 5.97. The van der Waals surface area contributed by atoms with Crippen molar-refractivity contribution < 1.29 is 13.5 Å². The summed E-state index contributed by atoms with van der Waals surface area (Å²) in [4.78, 5) is 0.893. The molecule has 0 bridgehead atoms. The average Bonchev–Trinajstić information content (AvgIpc) is 2.77. The molecule has 1 aromatic heterocycles. The Hall–Kier alpha value is -0.870. The number of aliphatic hydroxyl groups is 1. The van der Waals surface area contributed by atoms with Crippen molar-refractivity contribution in [1.29, 1.82) is 0 Å². The van der Waals surface area contributed by atoms with Crippen LogP contribution in [0.5, 0.6) is 0 Å². The fourth-order valence-electron chi connectivity index (χ4n) is 1.50. The van der Waals surface area contributed by atoms with E-state index in [0.717, 1.165) is 10.4 Å². The van der Waals surface area contributed by atoms with Crippen molar-refractivity contribution in [2.24, 2.45) is 0 Å². The van der Waals surface area contributed by atoms with E-state index >= 15 is 0 Å². The highest BCUT2D eigenvalue weighted by molar-refractivity contribution is 7.89. The molecule has 0 aliphatic carbocycles. The number of nitrogens with zero attached hydrogens (tertiary/aromatic N) is 1. The summed E-state index contributed by atoms with van der Waals surface area (Å²) < 4.78 is 25.0. The molecule has 0 spiro atoms. The second-order valence-electron chi connectivity index (χ2n) is 4.17. The molecule has 0 aromatic carbocycles. The van der Waals surface area contributed by atoms with Gasteiger partial charge < -0.3 is 5.11 Å². The highest BCUT2D eigenvalue weighted by Gasteiger charge is 2.17. The number of hydrogen-bond acceptors (Lipinski definition) is 4. The lowest BCUT2D eigenvalue weighted by atomic mass is 10.3. The molecule has 0 saturated heterocycles. The molecular formula is C13H19NO3S2. The lowest BCUT2D eigenvalue weighted by molar-refractivity contribution is 0.305. The zero-order valence-corrected chi connectivity index (χ0v) is 12.9. The topological polar surface area (TPSA) is 57.6 Å². The van der Waals surface area contributed by atoms with E-state index in [1.807, 2.05) is 18.4 Å². The molecule has 0 aliphatic heterocycles. The molecule has 4 nitrogen and oxygen atoms in total. The third kappa shape index (κ3) is 5.33. The normalized spacial score (nSPS) is 11.4. The van der Waals surface area contributed by atoms with Crippen LogP contribution < -0.4 is 0 Å². The Morgan fingerprint density at radius 1 is 1.47 bits per heavy atom. The molecule has 106 valence electrons. The third-order valence-electron chi connectivity index (χ3n) is 2.44. The van der Waals surface area contributed by atoms with Crippen LogP contribution >= 0.6 is 11.3 Å². The van der Waals surface area contributed by atoms with Gasteiger partial charge in [0.05, 0.1) is 17.2 Å². The van der Waals surface area contributed by atoms with Crippen molar-refractivity contribution in [3.05, 3.63) is 21.9 Å². The minimum atomic E-state index is -3.15. The monoisotopic (exact) mass is 301 g/mol. The summed E-state index contributed by atoms with van der Waals surface area (Å²) in [6, 6.07) is 1.90. The van der Waals surface area contributed by atoms with Crippen molar-refractivity contribution in [3.63, 3.8) is 0 Å². The van der Waals surface area contributed by atoms with Gasteiger partial charge in [0.15, 0.2) is 0 Å². The molecule has 19 heavy (non-hydrogen) atoms. The first-order chi connectivity index (χ1) is 8.99. The molecule has 1 aromatic rings. The van der Waals surface area contributed by atoms with Crippen LogP contribution in [0.2, 0.25) is 0 Å². The lowest BCUT2D eigenvalue weighted by Gasteiger charge is -2.15. The van der Waals surface area contributed by atoms with E-state index in [1.165, 1.54) is 15.6 Å². The van der Waals surface area contributed by atoms with Crippen LogP contribution in [0.15, 0.2) is 11.4 Å². The highest BCUT2D eigenvalue weighted by Crippen LogP contribution is 2.16. The SMILES string of the molecule is CCCS(=O)(=O)N(C)Cc1csc(C#CCCO)c1. The van der Waals surface area contributed by atoms with E-state index in [9.17, 15) is 8.42 Å². The molecule has 0 aliphatic rings. The number of hydrogen-bond donors (Lipinski definition) is 1. The zero-order chi connectivity index (χ0) is 14.3. The van der Waals surface area contributed by atoms with E-state index in [-0.39, 0.29) is 12.4 Å². The van der Waals surface area contributed by atoms with Gasteiger partial charge >= 0.3 is 0 Å². The molecule has 0 atom stereocenters. The van der Waals surface area contributed by atoms with E-state index < -0.39 is 10.0 Å². The first-order valence-electron chi connectivity index (χ1n) is 6.10. The number of thiophene rings is 1. The second kappa shape index (κ2) is 7.65. The lowest BCUT2D eigenvalue weighted by Crippen LogP contribution is -2.28. The van der Waals surface area contributed by atoms with Crippen LogP contribution in [0.4, 0.5) is 0 Å².